The van der Waals surface area contributed by atoms with Gasteiger partial charge < -0.3 is 9.84 Å². The van der Waals surface area contributed by atoms with Crippen LogP contribution >= 0.6 is 0 Å². The number of nitriles is 1. The molecule has 1 saturated heterocycles. The van der Waals surface area contributed by atoms with E-state index >= 15 is 0 Å². The van der Waals surface area contributed by atoms with E-state index in [0.717, 1.165) is 53.8 Å². The minimum atomic E-state index is -1.11. The minimum absolute atomic E-state index is 0.383. The van der Waals surface area contributed by atoms with E-state index in [9.17, 15) is 10.4 Å². The first-order valence-corrected chi connectivity index (χ1v) is 13.7. The maximum atomic E-state index is 12.0. The van der Waals surface area contributed by atoms with E-state index in [1.54, 1.807) is 7.11 Å². The van der Waals surface area contributed by atoms with Gasteiger partial charge in [-0.15, -0.1) is 0 Å². The van der Waals surface area contributed by atoms with Crippen molar-refractivity contribution in [3.05, 3.63) is 77.9 Å². The molecule has 0 radical (unpaired) electrons. The van der Waals surface area contributed by atoms with E-state index in [-0.39, 0.29) is 5.92 Å². The van der Waals surface area contributed by atoms with Crippen LogP contribution in [0.15, 0.2) is 66.7 Å². The zero-order chi connectivity index (χ0) is 25.8. The second-order valence-electron chi connectivity index (χ2n) is 10.9. The predicted octanol–water partition coefficient (Wildman–Crippen LogP) is 5.78. The highest BCUT2D eigenvalue weighted by Gasteiger charge is 2.47. The summed E-state index contributed by atoms with van der Waals surface area (Å²) in [6.07, 6.45) is 5.66. The normalized spacial score (nSPS) is 21.1. The molecule has 0 amide bonds. The summed E-state index contributed by atoms with van der Waals surface area (Å²) in [5.74, 6) is 0.349. The number of methoxy groups -OCH3 is 1. The van der Waals surface area contributed by atoms with Crippen LogP contribution < -0.4 is 4.74 Å². The number of hydrogen-bond donors (Lipinski definition) is 1. The lowest BCUT2D eigenvalue weighted by Gasteiger charge is -2.46. The molecule has 5 rings (SSSR count). The highest BCUT2D eigenvalue weighted by molar-refractivity contribution is 5.87. The molecule has 1 heterocycles. The highest BCUT2D eigenvalue weighted by Crippen LogP contribution is 2.48. The molecule has 3 atom stereocenters. The molecule has 2 aliphatic rings. The minimum Gasteiger partial charge on any atom is -0.496 e. The topological polar surface area (TPSA) is 59.7 Å². The van der Waals surface area contributed by atoms with Gasteiger partial charge in [0.2, 0.25) is 0 Å². The van der Waals surface area contributed by atoms with Gasteiger partial charge in [-0.2, -0.15) is 5.26 Å². The summed E-state index contributed by atoms with van der Waals surface area (Å²) in [5, 5.41) is 25.0. The average molecular weight is 498 g/mol. The van der Waals surface area contributed by atoms with E-state index < -0.39 is 11.6 Å². The second kappa shape index (κ2) is 11.2. The second-order valence-corrected chi connectivity index (χ2v) is 10.9. The van der Waals surface area contributed by atoms with Crippen LogP contribution in [0.5, 0.6) is 5.75 Å². The number of fused-ring (bicyclic) bond motifs is 1. The number of para-hydroxylation sites is 1. The molecule has 1 aliphatic carbocycles. The van der Waals surface area contributed by atoms with Crippen LogP contribution in [0.1, 0.15) is 56.1 Å². The van der Waals surface area contributed by atoms with E-state index in [1.807, 2.05) is 49.4 Å². The summed E-state index contributed by atoms with van der Waals surface area (Å²) in [4.78, 5) is 4.73. The molecule has 5 nitrogen and oxygen atoms in total. The summed E-state index contributed by atoms with van der Waals surface area (Å²) in [6.45, 7) is 5.34. The van der Waals surface area contributed by atoms with Crippen LogP contribution in [0.2, 0.25) is 0 Å². The van der Waals surface area contributed by atoms with Crippen LogP contribution in [-0.2, 0) is 0 Å². The average Bonchev–Trinajstić information content (AvgIpc) is 2.97. The fourth-order valence-electron chi connectivity index (χ4n) is 6.66. The molecule has 1 N–H and O–H groups in total. The van der Waals surface area contributed by atoms with Crippen molar-refractivity contribution in [1.29, 1.82) is 5.26 Å². The fourth-order valence-corrected chi connectivity index (χ4v) is 6.66. The third kappa shape index (κ3) is 4.99. The first kappa shape index (κ1) is 25.7. The van der Waals surface area contributed by atoms with Crippen LogP contribution in [0, 0.1) is 16.7 Å². The maximum absolute atomic E-state index is 12.0. The van der Waals surface area contributed by atoms with Gasteiger partial charge in [-0.25, -0.2) is 0 Å². The summed E-state index contributed by atoms with van der Waals surface area (Å²) in [6, 6.07) is 25.7. The van der Waals surface area contributed by atoms with Crippen LogP contribution in [0.3, 0.4) is 0 Å². The summed E-state index contributed by atoms with van der Waals surface area (Å²) in [7, 11) is 1.67. The largest absolute Gasteiger partial charge is 0.496 e. The van der Waals surface area contributed by atoms with Crippen molar-refractivity contribution >= 4 is 10.8 Å². The number of benzene rings is 3. The van der Waals surface area contributed by atoms with Gasteiger partial charge in [0.15, 0.2) is 0 Å². The Morgan fingerprint density at radius 3 is 2.27 bits per heavy atom. The van der Waals surface area contributed by atoms with Crippen molar-refractivity contribution in [2.75, 3.05) is 33.3 Å². The molecule has 37 heavy (non-hydrogen) atoms. The molecule has 0 aromatic heterocycles. The van der Waals surface area contributed by atoms with Crippen molar-refractivity contribution in [1.82, 2.24) is 9.80 Å². The standard InChI is InChI=1S/C32H39N3O2/c1-32(23-33,31(36)35-21-19-34(20-22-35)25-13-4-3-5-14-25)30(28-16-8-9-18-29(28)37-2)27-17-10-12-24-11-6-7-15-26(24)27/h6-12,15-18,25,30-31,36H,3-5,13-14,19-22H2,1-2H3/t30-,31?,32+/m0/s1. The summed E-state index contributed by atoms with van der Waals surface area (Å²) >= 11 is 0. The highest BCUT2D eigenvalue weighted by atomic mass is 16.5. The number of aliphatic hydroxyl groups excluding tert-OH is 1. The third-order valence-electron chi connectivity index (χ3n) is 8.75. The van der Waals surface area contributed by atoms with Crippen molar-refractivity contribution in [3.63, 3.8) is 0 Å². The number of piperazine rings is 1. The fraction of sp³-hybridized carbons (Fsp3) is 0.469. The molecule has 3 aromatic rings. The van der Waals surface area contributed by atoms with Crippen molar-refractivity contribution in [3.8, 4) is 11.8 Å². The lowest BCUT2D eigenvalue weighted by molar-refractivity contribution is -0.0900. The predicted molar refractivity (Wildman–Crippen MR) is 149 cm³/mol. The maximum Gasteiger partial charge on any atom is 0.126 e. The third-order valence-corrected chi connectivity index (χ3v) is 8.75. The van der Waals surface area contributed by atoms with Gasteiger partial charge in [0.25, 0.3) is 0 Å². The number of aliphatic hydroxyl groups is 1. The lowest BCUT2D eigenvalue weighted by atomic mass is 9.68. The van der Waals surface area contributed by atoms with E-state index in [1.165, 1.54) is 32.1 Å². The van der Waals surface area contributed by atoms with Crippen LogP contribution in [0.25, 0.3) is 10.8 Å². The van der Waals surface area contributed by atoms with Crippen LogP contribution in [0.4, 0.5) is 0 Å². The molecule has 0 bridgehead atoms. The Balaban J connectivity index is 1.52. The Bertz CT molecular complexity index is 1230. The quantitative estimate of drug-likeness (QED) is 0.448. The number of nitrogens with zero attached hydrogens (tertiary/aromatic N) is 3. The SMILES string of the molecule is COc1ccccc1[C@H](c1cccc2ccccc12)[C@@](C)(C#N)C(O)N1CCN(C2CCCCC2)CC1. The van der Waals surface area contributed by atoms with Gasteiger partial charge in [-0.1, -0.05) is 79.9 Å². The number of rotatable bonds is 7. The Morgan fingerprint density at radius 1 is 0.892 bits per heavy atom. The Morgan fingerprint density at radius 2 is 1.54 bits per heavy atom. The molecule has 194 valence electrons. The first-order chi connectivity index (χ1) is 18.1. The van der Waals surface area contributed by atoms with Gasteiger partial charge in [0.05, 0.1) is 13.2 Å². The molecule has 1 saturated carbocycles. The van der Waals surface area contributed by atoms with Gasteiger partial charge in [-0.3, -0.25) is 9.80 Å². The zero-order valence-corrected chi connectivity index (χ0v) is 22.1. The van der Waals surface area contributed by atoms with Gasteiger partial charge in [-0.05, 0) is 42.2 Å². The monoisotopic (exact) mass is 497 g/mol. The van der Waals surface area contributed by atoms with E-state index in [2.05, 4.69) is 40.1 Å². The Hall–Kier alpha value is -2.91. The molecular weight excluding hydrogens is 458 g/mol. The number of ether oxygens (including phenoxy) is 1. The lowest BCUT2D eigenvalue weighted by Crippen LogP contribution is -2.57. The molecule has 3 aromatic carbocycles. The van der Waals surface area contributed by atoms with Crippen molar-refractivity contribution < 1.29 is 9.84 Å². The first-order valence-electron chi connectivity index (χ1n) is 13.7. The molecule has 5 heteroatoms. The smallest absolute Gasteiger partial charge is 0.126 e. The Kier molecular flexibility index (Phi) is 7.81. The van der Waals surface area contributed by atoms with Crippen LogP contribution in [-0.4, -0.2) is 60.5 Å². The molecule has 0 spiro atoms. The zero-order valence-electron chi connectivity index (χ0n) is 22.1. The van der Waals surface area contributed by atoms with Gasteiger partial charge >= 0.3 is 0 Å². The van der Waals surface area contributed by atoms with Crippen molar-refractivity contribution in [2.24, 2.45) is 5.41 Å². The van der Waals surface area contributed by atoms with Gasteiger partial charge in [0.1, 0.15) is 17.4 Å². The summed E-state index contributed by atoms with van der Waals surface area (Å²) < 4.78 is 5.79. The van der Waals surface area contributed by atoms with E-state index in [0.29, 0.717) is 6.04 Å². The van der Waals surface area contributed by atoms with Crippen molar-refractivity contribution in [2.45, 2.75) is 57.2 Å². The molecule has 1 unspecified atom stereocenters. The van der Waals surface area contributed by atoms with Gasteiger partial charge in [0, 0.05) is 43.7 Å². The molecule has 1 aliphatic heterocycles. The molecular formula is C32H39N3O2. The van der Waals surface area contributed by atoms with E-state index in [4.69, 9.17) is 4.74 Å². The summed E-state index contributed by atoms with van der Waals surface area (Å²) in [5.41, 5.74) is 0.850. The molecule has 2 fully saturated rings. The Labute approximate surface area is 221 Å². The number of hydrogen-bond acceptors (Lipinski definition) is 5.